The van der Waals surface area contributed by atoms with E-state index >= 15 is 0 Å². The van der Waals surface area contributed by atoms with Crippen molar-refractivity contribution >= 4 is 5.97 Å². The van der Waals surface area contributed by atoms with E-state index in [1.807, 2.05) is 18.7 Å². The Kier molecular flexibility index (Phi) is 3.73. The third kappa shape index (κ3) is 3.80. The maximum atomic E-state index is 10.7. The van der Waals surface area contributed by atoms with Crippen LogP contribution in [0.15, 0.2) is 0 Å². The molecule has 0 heterocycles. The first-order valence-corrected chi connectivity index (χ1v) is 5.51. The summed E-state index contributed by atoms with van der Waals surface area (Å²) in [6, 6.07) is 0.367. The zero-order valence-corrected chi connectivity index (χ0v) is 9.73. The van der Waals surface area contributed by atoms with Crippen LogP contribution in [-0.2, 0) is 4.79 Å². The minimum atomic E-state index is -0.818. The minimum absolute atomic E-state index is 0.0353. The summed E-state index contributed by atoms with van der Waals surface area (Å²) in [5.74, 6) is -0.686. The molecule has 88 valence electrons. The lowest BCUT2D eigenvalue weighted by atomic mass is 9.92. The molecule has 0 aromatic heterocycles. The number of aliphatic carboxylic acids is 1. The fourth-order valence-corrected chi connectivity index (χ4v) is 1.52. The second kappa shape index (κ2) is 4.49. The first-order chi connectivity index (χ1) is 6.83. The fourth-order valence-electron chi connectivity index (χ4n) is 1.52. The van der Waals surface area contributed by atoms with Crippen molar-refractivity contribution in [3.63, 3.8) is 0 Å². The van der Waals surface area contributed by atoms with Gasteiger partial charge < -0.3 is 10.2 Å². The van der Waals surface area contributed by atoms with Gasteiger partial charge in [0.15, 0.2) is 0 Å². The van der Waals surface area contributed by atoms with Gasteiger partial charge in [-0.15, -0.1) is 0 Å². The largest absolute Gasteiger partial charge is 0.480 e. The Hall–Kier alpha value is -0.610. The number of carboxylic acids is 1. The molecule has 1 rings (SSSR count). The van der Waals surface area contributed by atoms with Crippen LogP contribution < -0.4 is 0 Å². The van der Waals surface area contributed by atoms with Gasteiger partial charge in [-0.1, -0.05) is 13.8 Å². The van der Waals surface area contributed by atoms with Crippen molar-refractivity contribution in [3.05, 3.63) is 0 Å². The van der Waals surface area contributed by atoms with Crippen LogP contribution >= 0.6 is 0 Å². The smallest absolute Gasteiger partial charge is 0.317 e. The van der Waals surface area contributed by atoms with E-state index in [1.54, 1.807) is 6.92 Å². The standard InChI is InChI=1S/C11H21NO3/c1-8(2)11(3,15)7-12(6-10(13)14)9-4-5-9/h8-9,15H,4-7H2,1-3H3,(H,13,14). The summed E-state index contributed by atoms with van der Waals surface area (Å²) in [6.45, 7) is 6.15. The van der Waals surface area contributed by atoms with Crippen LogP contribution in [-0.4, -0.2) is 45.8 Å². The van der Waals surface area contributed by atoms with E-state index in [9.17, 15) is 9.90 Å². The zero-order chi connectivity index (χ0) is 11.6. The summed E-state index contributed by atoms with van der Waals surface area (Å²) < 4.78 is 0. The highest BCUT2D eigenvalue weighted by Crippen LogP contribution is 2.29. The van der Waals surface area contributed by atoms with E-state index in [0.717, 1.165) is 12.8 Å². The molecular formula is C11H21NO3. The van der Waals surface area contributed by atoms with Crippen LogP contribution in [0, 0.1) is 5.92 Å². The van der Waals surface area contributed by atoms with Crippen molar-refractivity contribution in [2.24, 2.45) is 5.92 Å². The molecule has 4 heteroatoms. The van der Waals surface area contributed by atoms with Crippen LogP contribution in [0.4, 0.5) is 0 Å². The molecule has 1 fully saturated rings. The van der Waals surface area contributed by atoms with Crippen LogP contribution in [0.3, 0.4) is 0 Å². The number of aliphatic hydroxyl groups is 1. The van der Waals surface area contributed by atoms with Crippen molar-refractivity contribution in [2.45, 2.75) is 45.3 Å². The molecule has 1 atom stereocenters. The third-order valence-electron chi connectivity index (χ3n) is 3.17. The molecule has 0 amide bonds. The molecule has 15 heavy (non-hydrogen) atoms. The number of hydrogen-bond acceptors (Lipinski definition) is 3. The minimum Gasteiger partial charge on any atom is -0.480 e. The van der Waals surface area contributed by atoms with Crippen LogP contribution in [0.2, 0.25) is 0 Å². The molecule has 0 aromatic carbocycles. The Morgan fingerprint density at radius 3 is 2.40 bits per heavy atom. The zero-order valence-electron chi connectivity index (χ0n) is 9.73. The second-order valence-electron chi connectivity index (χ2n) is 5.04. The lowest BCUT2D eigenvalue weighted by Gasteiger charge is -2.33. The van der Waals surface area contributed by atoms with Crippen molar-refractivity contribution in [3.8, 4) is 0 Å². The van der Waals surface area contributed by atoms with Gasteiger partial charge in [0.05, 0.1) is 12.1 Å². The SMILES string of the molecule is CC(C)C(C)(O)CN(CC(=O)O)C1CC1. The van der Waals surface area contributed by atoms with Gasteiger partial charge in [-0.25, -0.2) is 0 Å². The summed E-state index contributed by atoms with van der Waals surface area (Å²) in [5.41, 5.74) is -0.807. The van der Waals surface area contributed by atoms with Gasteiger partial charge in [-0.05, 0) is 25.7 Å². The number of hydrogen-bond donors (Lipinski definition) is 2. The van der Waals surface area contributed by atoms with E-state index in [0.29, 0.717) is 12.6 Å². The highest BCUT2D eigenvalue weighted by Gasteiger charge is 2.36. The van der Waals surface area contributed by atoms with Crippen molar-refractivity contribution in [2.75, 3.05) is 13.1 Å². The molecule has 0 aliphatic heterocycles. The average Bonchev–Trinajstić information content (AvgIpc) is 2.82. The summed E-state index contributed by atoms with van der Waals surface area (Å²) >= 11 is 0. The topological polar surface area (TPSA) is 60.8 Å². The lowest BCUT2D eigenvalue weighted by Crippen LogP contribution is -2.47. The fraction of sp³-hybridized carbons (Fsp3) is 0.909. The van der Waals surface area contributed by atoms with Crippen molar-refractivity contribution in [1.82, 2.24) is 4.90 Å². The highest BCUT2D eigenvalue weighted by molar-refractivity contribution is 5.69. The summed E-state index contributed by atoms with van der Waals surface area (Å²) in [6.07, 6.45) is 2.11. The summed E-state index contributed by atoms with van der Waals surface area (Å²) in [5, 5.41) is 18.9. The van der Waals surface area contributed by atoms with E-state index in [4.69, 9.17) is 5.11 Å². The molecule has 0 aromatic rings. The van der Waals surface area contributed by atoms with E-state index in [1.165, 1.54) is 0 Å². The van der Waals surface area contributed by atoms with Crippen molar-refractivity contribution < 1.29 is 15.0 Å². The Balaban J connectivity index is 2.54. The Morgan fingerprint density at radius 1 is 1.53 bits per heavy atom. The third-order valence-corrected chi connectivity index (χ3v) is 3.17. The number of rotatable bonds is 6. The molecule has 4 nitrogen and oxygen atoms in total. The van der Waals surface area contributed by atoms with Gasteiger partial charge in [0.1, 0.15) is 0 Å². The van der Waals surface area contributed by atoms with Gasteiger partial charge in [0, 0.05) is 12.6 Å². The van der Waals surface area contributed by atoms with E-state index < -0.39 is 11.6 Å². The number of carboxylic acid groups (broad SMARTS) is 1. The van der Waals surface area contributed by atoms with Crippen molar-refractivity contribution in [1.29, 1.82) is 0 Å². The van der Waals surface area contributed by atoms with E-state index in [2.05, 4.69) is 0 Å². The normalized spacial score (nSPS) is 20.7. The molecule has 0 radical (unpaired) electrons. The maximum Gasteiger partial charge on any atom is 0.317 e. The van der Waals surface area contributed by atoms with Gasteiger partial charge in [0.25, 0.3) is 0 Å². The summed E-state index contributed by atoms with van der Waals surface area (Å²) in [4.78, 5) is 12.6. The Bertz CT molecular complexity index is 234. The second-order valence-corrected chi connectivity index (χ2v) is 5.04. The van der Waals surface area contributed by atoms with Gasteiger partial charge in [-0.2, -0.15) is 0 Å². The first kappa shape index (κ1) is 12.5. The van der Waals surface area contributed by atoms with Crippen LogP contribution in [0.1, 0.15) is 33.6 Å². The highest BCUT2D eigenvalue weighted by atomic mass is 16.4. The molecular weight excluding hydrogens is 194 g/mol. The average molecular weight is 215 g/mol. The van der Waals surface area contributed by atoms with Crippen LogP contribution in [0.5, 0.6) is 0 Å². The summed E-state index contributed by atoms with van der Waals surface area (Å²) in [7, 11) is 0. The quantitative estimate of drug-likeness (QED) is 0.692. The molecule has 0 saturated heterocycles. The molecule has 1 saturated carbocycles. The Labute approximate surface area is 90.9 Å². The number of nitrogens with zero attached hydrogens (tertiary/aromatic N) is 1. The molecule has 1 aliphatic carbocycles. The molecule has 0 spiro atoms. The van der Waals surface area contributed by atoms with Gasteiger partial charge in [-0.3, -0.25) is 9.69 Å². The molecule has 1 unspecified atom stereocenters. The molecule has 1 aliphatic rings. The predicted octanol–water partition coefficient (Wildman–Crippen LogP) is 0.942. The first-order valence-electron chi connectivity index (χ1n) is 5.51. The number of carbonyl (C=O) groups is 1. The monoisotopic (exact) mass is 215 g/mol. The van der Waals surface area contributed by atoms with Gasteiger partial charge in [0.2, 0.25) is 0 Å². The maximum absolute atomic E-state index is 10.7. The Morgan fingerprint density at radius 2 is 2.07 bits per heavy atom. The van der Waals surface area contributed by atoms with Gasteiger partial charge >= 0.3 is 5.97 Å². The predicted molar refractivity (Wildman–Crippen MR) is 57.7 cm³/mol. The van der Waals surface area contributed by atoms with Crippen LogP contribution in [0.25, 0.3) is 0 Å². The lowest BCUT2D eigenvalue weighted by molar-refractivity contribution is -0.139. The molecule has 2 N–H and O–H groups in total. The van der Waals surface area contributed by atoms with E-state index in [-0.39, 0.29) is 12.5 Å². The molecule has 0 bridgehead atoms.